The van der Waals surface area contributed by atoms with E-state index in [9.17, 15) is 0 Å². The molecule has 24 heavy (non-hydrogen) atoms. The zero-order valence-corrected chi connectivity index (χ0v) is 12.7. The van der Waals surface area contributed by atoms with Gasteiger partial charge in [-0.15, -0.1) is 0 Å². The molecule has 0 bridgehead atoms. The van der Waals surface area contributed by atoms with E-state index in [0.29, 0.717) is 5.82 Å². The monoisotopic (exact) mass is 314 g/mol. The van der Waals surface area contributed by atoms with E-state index in [0.717, 1.165) is 22.8 Å². The molecule has 0 aliphatic carbocycles. The lowest BCUT2D eigenvalue weighted by molar-refractivity contribution is 0.847. The number of anilines is 2. The Morgan fingerprint density at radius 1 is 0.875 bits per heavy atom. The van der Waals surface area contributed by atoms with Gasteiger partial charge in [0.2, 0.25) is 0 Å². The molecule has 0 amide bonds. The Labute approximate surface area is 138 Å². The summed E-state index contributed by atoms with van der Waals surface area (Å²) in [5.41, 5.74) is 2.75. The zero-order valence-electron chi connectivity index (χ0n) is 12.7. The van der Waals surface area contributed by atoms with Gasteiger partial charge in [0.1, 0.15) is 12.1 Å². The minimum atomic E-state index is 0.712. The fraction of sp³-hybridized carbons (Fsp3) is 0. The molecule has 1 N–H and O–H groups in total. The smallest absolute Gasteiger partial charge is 0.153 e. The van der Waals surface area contributed by atoms with Crippen LogP contribution in [0.1, 0.15) is 0 Å². The second-order valence-corrected chi connectivity index (χ2v) is 5.14. The molecule has 4 rings (SSSR count). The van der Waals surface area contributed by atoms with Crippen molar-refractivity contribution in [3.63, 3.8) is 0 Å². The van der Waals surface area contributed by atoms with E-state index in [1.807, 2.05) is 60.8 Å². The maximum absolute atomic E-state index is 4.32. The molecule has 3 heterocycles. The SMILES string of the molecule is c1ccc(-c2cc(Nc3cnn(-c4ccccn4)c3)ncn2)cc1. The van der Waals surface area contributed by atoms with Crippen LogP contribution in [0.25, 0.3) is 17.1 Å². The minimum absolute atomic E-state index is 0.712. The fourth-order valence-electron chi connectivity index (χ4n) is 2.34. The van der Waals surface area contributed by atoms with Gasteiger partial charge >= 0.3 is 0 Å². The lowest BCUT2D eigenvalue weighted by Gasteiger charge is -2.05. The van der Waals surface area contributed by atoms with Crippen LogP contribution in [-0.4, -0.2) is 24.7 Å². The second kappa shape index (κ2) is 6.29. The molecule has 0 aliphatic rings. The molecule has 3 aromatic heterocycles. The number of hydrogen-bond acceptors (Lipinski definition) is 5. The molecule has 1 aromatic carbocycles. The van der Waals surface area contributed by atoms with E-state index in [1.165, 1.54) is 0 Å². The molecule has 0 spiro atoms. The van der Waals surface area contributed by atoms with E-state index in [4.69, 9.17) is 0 Å². The van der Waals surface area contributed by atoms with Crippen LogP contribution < -0.4 is 5.32 Å². The van der Waals surface area contributed by atoms with Crippen molar-refractivity contribution >= 4 is 11.5 Å². The highest BCUT2D eigenvalue weighted by molar-refractivity contribution is 5.64. The Balaban J connectivity index is 1.57. The average molecular weight is 314 g/mol. The Morgan fingerprint density at radius 3 is 2.58 bits per heavy atom. The fourth-order valence-corrected chi connectivity index (χ4v) is 2.34. The first-order valence-corrected chi connectivity index (χ1v) is 7.49. The predicted molar refractivity (Wildman–Crippen MR) is 92.1 cm³/mol. The van der Waals surface area contributed by atoms with Crippen LogP contribution in [0.4, 0.5) is 11.5 Å². The number of rotatable bonds is 4. The van der Waals surface area contributed by atoms with Crippen molar-refractivity contribution in [1.82, 2.24) is 24.7 Å². The first-order chi connectivity index (χ1) is 11.9. The van der Waals surface area contributed by atoms with Crippen molar-refractivity contribution in [3.8, 4) is 17.1 Å². The molecule has 4 aromatic rings. The molecule has 116 valence electrons. The van der Waals surface area contributed by atoms with Gasteiger partial charge in [-0.2, -0.15) is 5.10 Å². The standard InChI is InChI=1S/C18H14N6/c1-2-6-14(7-3-1)16-10-17(21-13-20-16)23-15-11-22-24(12-15)18-8-4-5-9-19-18/h1-13H,(H,20,21,23). The quantitative estimate of drug-likeness (QED) is 0.624. The van der Waals surface area contributed by atoms with Gasteiger partial charge in [-0.25, -0.2) is 19.6 Å². The van der Waals surface area contributed by atoms with E-state index in [-0.39, 0.29) is 0 Å². The number of benzene rings is 1. The highest BCUT2D eigenvalue weighted by atomic mass is 15.3. The molecule has 6 nitrogen and oxygen atoms in total. The third kappa shape index (κ3) is 2.98. The van der Waals surface area contributed by atoms with Gasteiger partial charge < -0.3 is 5.32 Å². The summed E-state index contributed by atoms with van der Waals surface area (Å²) in [4.78, 5) is 12.9. The largest absolute Gasteiger partial charge is 0.338 e. The predicted octanol–water partition coefficient (Wildman–Crippen LogP) is 3.47. The van der Waals surface area contributed by atoms with Crippen molar-refractivity contribution in [1.29, 1.82) is 0 Å². The topological polar surface area (TPSA) is 68.5 Å². The molecule has 0 saturated heterocycles. The van der Waals surface area contributed by atoms with Crippen molar-refractivity contribution in [2.75, 3.05) is 5.32 Å². The Morgan fingerprint density at radius 2 is 1.75 bits per heavy atom. The first-order valence-electron chi connectivity index (χ1n) is 7.49. The highest BCUT2D eigenvalue weighted by Gasteiger charge is 2.05. The molecular formula is C18H14N6. The summed E-state index contributed by atoms with van der Waals surface area (Å²) in [6, 6.07) is 17.6. The Hall–Kier alpha value is -3.54. The molecule has 0 radical (unpaired) electrons. The lowest BCUT2D eigenvalue weighted by Crippen LogP contribution is -1.97. The third-order valence-corrected chi connectivity index (χ3v) is 3.48. The number of hydrogen-bond donors (Lipinski definition) is 1. The number of nitrogens with one attached hydrogen (secondary N) is 1. The normalized spacial score (nSPS) is 10.5. The van der Waals surface area contributed by atoms with Crippen molar-refractivity contribution in [3.05, 3.63) is 79.5 Å². The van der Waals surface area contributed by atoms with Crippen molar-refractivity contribution < 1.29 is 0 Å². The maximum atomic E-state index is 4.32. The highest BCUT2D eigenvalue weighted by Crippen LogP contribution is 2.20. The molecular weight excluding hydrogens is 300 g/mol. The number of nitrogens with zero attached hydrogens (tertiary/aromatic N) is 5. The first kappa shape index (κ1) is 14.1. The van der Waals surface area contributed by atoms with Crippen molar-refractivity contribution in [2.24, 2.45) is 0 Å². The minimum Gasteiger partial charge on any atom is -0.338 e. The summed E-state index contributed by atoms with van der Waals surface area (Å²) in [6.45, 7) is 0. The number of aromatic nitrogens is 5. The van der Waals surface area contributed by atoms with Crippen LogP contribution >= 0.6 is 0 Å². The van der Waals surface area contributed by atoms with Crippen LogP contribution in [0.15, 0.2) is 79.5 Å². The van der Waals surface area contributed by atoms with Gasteiger partial charge in [-0.1, -0.05) is 36.4 Å². The van der Waals surface area contributed by atoms with Crippen molar-refractivity contribution in [2.45, 2.75) is 0 Å². The van der Waals surface area contributed by atoms with Crippen LogP contribution in [0.3, 0.4) is 0 Å². The molecule has 0 fully saturated rings. The van der Waals surface area contributed by atoms with E-state index < -0.39 is 0 Å². The van der Waals surface area contributed by atoms with Crippen LogP contribution in [0.2, 0.25) is 0 Å². The summed E-state index contributed by atoms with van der Waals surface area (Å²) in [7, 11) is 0. The molecule has 0 aliphatic heterocycles. The third-order valence-electron chi connectivity index (χ3n) is 3.48. The van der Waals surface area contributed by atoms with Gasteiger partial charge in [0.05, 0.1) is 23.8 Å². The molecule has 6 heteroatoms. The average Bonchev–Trinajstić information content (AvgIpc) is 3.12. The molecule has 0 saturated carbocycles. The van der Waals surface area contributed by atoms with Crippen LogP contribution in [0, 0.1) is 0 Å². The Kier molecular flexibility index (Phi) is 3.69. The van der Waals surface area contributed by atoms with Gasteiger partial charge in [0.15, 0.2) is 5.82 Å². The number of pyridine rings is 1. The summed E-state index contributed by atoms with van der Waals surface area (Å²) in [5, 5.41) is 7.55. The van der Waals surface area contributed by atoms with Gasteiger partial charge in [-0.05, 0) is 12.1 Å². The maximum Gasteiger partial charge on any atom is 0.153 e. The lowest BCUT2D eigenvalue weighted by atomic mass is 10.1. The Bertz CT molecular complexity index is 934. The summed E-state index contributed by atoms with van der Waals surface area (Å²) >= 11 is 0. The van der Waals surface area contributed by atoms with E-state index in [1.54, 1.807) is 23.4 Å². The molecule has 0 unspecified atom stereocenters. The van der Waals surface area contributed by atoms with Crippen LogP contribution in [-0.2, 0) is 0 Å². The summed E-state index contributed by atoms with van der Waals surface area (Å²) in [5.74, 6) is 1.47. The summed E-state index contributed by atoms with van der Waals surface area (Å²) in [6.07, 6.45) is 6.89. The second-order valence-electron chi connectivity index (χ2n) is 5.14. The summed E-state index contributed by atoms with van der Waals surface area (Å²) < 4.78 is 1.71. The van der Waals surface area contributed by atoms with E-state index >= 15 is 0 Å². The molecule has 0 atom stereocenters. The van der Waals surface area contributed by atoms with Gasteiger partial charge in [0.25, 0.3) is 0 Å². The van der Waals surface area contributed by atoms with E-state index in [2.05, 4.69) is 25.4 Å². The van der Waals surface area contributed by atoms with Gasteiger partial charge in [0, 0.05) is 17.8 Å². The van der Waals surface area contributed by atoms with Crippen LogP contribution in [0.5, 0.6) is 0 Å². The zero-order chi connectivity index (χ0) is 16.2. The van der Waals surface area contributed by atoms with Gasteiger partial charge in [-0.3, -0.25) is 0 Å².